The molecule has 2 aromatic carbocycles. The summed E-state index contributed by atoms with van der Waals surface area (Å²) in [5.74, 6) is -0.0861. The zero-order valence-electron chi connectivity index (χ0n) is 26.7. The lowest BCUT2D eigenvalue weighted by Gasteiger charge is -2.14. The van der Waals surface area contributed by atoms with Crippen LogP contribution in [0.1, 0.15) is 94.6 Å². The summed E-state index contributed by atoms with van der Waals surface area (Å²) >= 11 is 0. The summed E-state index contributed by atoms with van der Waals surface area (Å²) in [4.78, 5) is 24.0. The minimum Gasteiger partial charge on any atom is -0.463 e. The third-order valence-electron chi connectivity index (χ3n) is 7.80. The van der Waals surface area contributed by atoms with E-state index in [0.717, 1.165) is 12.8 Å². The van der Waals surface area contributed by atoms with Gasteiger partial charge in [-0.1, -0.05) is 107 Å². The average molecular weight is 612 g/mol. The van der Waals surface area contributed by atoms with E-state index in [2.05, 4.69) is 36.5 Å². The van der Waals surface area contributed by atoms with E-state index in [1.807, 2.05) is 24.3 Å². The summed E-state index contributed by atoms with van der Waals surface area (Å²) in [6, 6.07) is 16.6. The van der Waals surface area contributed by atoms with Crippen LogP contribution < -0.4 is 5.32 Å². The molecule has 1 N–H and O–H groups in total. The van der Waals surface area contributed by atoms with Crippen molar-refractivity contribution in [2.45, 2.75) is 83.5 Å². The summed E-state index contributed by atoms with van der Waals surface area (Å²) in [7, 11) is 0. The van der Waals surface area contributed by atoms with Gasteiger partial charge < -0.3 is 29.0 Å². The second-order valence-electron chi connectivity index (χ2n) is 11.2. The van der Waals surface area contributed by atoms with Crippen LogP contribution in [0, 0.1) is 0 Å². The minimum absolute atomic E-state index is 0.0543. The number of nitrogens with one attached hydrogen (secondary N) is 1. The summed E-state index contributed by atoms with van der Waals surface area (Å²) < 4.78 is 27.3. The Morgan fingerprint density at radius 1 is 0.614 bits per heavy atom. The first-order valence-electron chi connectivity index (χ1n) is 16.7. The van der Waals surface area contributed by atoms with Gasteiger partial charge in [-0.05, 0) is 35.1 Å². The SMILES string of the molecule is CCCCCCCCCCCC(=O)OCCOCCOCCOCCCNC(=O)OCC1c2ccccc2-c2ccccc21. The van der Waals surface area contributed by atoms with Crippen molar-refractivity contribution in [2.24, 2.45) is 0 Å². The topological polar surface area (TPSA) is 92.3 Å². The molecule has 0 aliphatic heterocycles. The first kappa shape index (κ1) is 35.5. The Bertz CT molecular complexity index is 1030. The van der Waals surface area contributed by atoms with Crippen LogP contribution >= 0.6 is 0 Å². The van der Waals surface area contributed by atoms with Gasteiger partial charge in [-0.3, -0.25) is 4.79 Å². The molecule has 244 valence electrons. The van der Waals surface area contributed by atoms with E-state index in [4.69, 9.17) is 23.7 Å². The molecule has 1 aliphatic carbocycles. The Morgan fingerprint density at radius 2 is 1.14 bits per heavy atom. The predicted octanol–water partition coefficient (Wildman–Crippen LogP) is 7.43. The zero-order valence-corrected chi connectivity index (χ0v) is 26.7. The number of rotatable bonds is 25. The number of unbranched alkanes of at least 4 members (excludes halogenated alkanes) is 8. The molecule has 0 heterocycles. The second-order valence-corrected chi connectivity index (χ2v) is 11.2. The predicted molar refractivity (Wildman–Crippen MR) is 173 cm³/mol. The molecule has 0 bridgehead atoms. The van der Waals surface area contributed by atoms with Crippen molar-refractivity contribution in [1.82, 2.24) is 5.32 Å². The van der Waals surface area contributed by atoms with Gasteiger partial charge in [0.05, 0.1) is 33.0 Å². The molecule has 0 unspecified atom stereocenters. The summed E-state index contributed by atoms with van der Waals surface area (Å²) in [6.45, 7) is 6.05. The lowest BCUT2D eigenvalue weighted by Crippen LogP contribution is -2.27. The number of benzene rings is 2. The van der Waals surface area contributed by atoms with Gasteiger partial charge in [0.2, 0.25) is 0 Å². The highest BCUT2D eigenvalue weighted by Crippen LogP contribution is 2.44. The van der Waals surface area contributed by atoms with Crippen molar-refractivity contribution < 1.29 is 33.3 Å². The van der Waals surface area contributed by atoms with Crippen molar-refractivity contribution in [1.29, 1.82) is 0 Å². The highest BCUT2D eigenvalue weighted by atomic mass is 16.6. The van der Waals surface area contributed by atoms with Crippen LogP contribution in [0.4, 0.5) is 4.79 Å². The van der Waals surface area contributed by atoms with E-state index in [1.165, 1.54) is 67.2 Å². The molecule has 0 fully saturated rings. The Hall–Kier alpha value is -2.94. The number of ether oxygens (including phenoxy) is 5. The van der Waals surface area contributed by atoms with Gasteiger partial charge in [-0.2, -0.15) is 0 Å². The summed E-state index contributed by atoms with van der Waals surface area (Å²) in [5.41, 5.74) is 4.82. The normalized spacial score (nSPS) is 12.1. The van der Waals surface area contributed by atoms with Gasteiger partial charge in [0.25, 0.3) is 0 Å². The van der Waals surface area contributed by atoms with E-state index < -0.39 is 6.09 Å². The average Bonchev–Trinajstić information content (AvgIpc) is 3.36. The number of carbonyl (C=O) groups excluding carboxylic acids is 2. The number of hydrogen-bond acceptors (Lipinski definition) is 7. The number of fused-ring (bicyclic) bond motifs is 3. The molecule has 0 spiro atoms. The van der Waals surface area contributed by atoms with E-state index in [1.54, 1.807) is 0 Å². The molecule has 0 aromatic heterocycles. The van der Waals surface area contributed by atoms with E-state index >= 15 is 0 Å². The first-order chi connectivity index (χ1) is 21.7. The van der Waals surface area contributed by atoms with Crippen LogP contribution in [0.25, 0.3) is 11.1 Å². The van der Waals surface area contributed by atoms with Crippen molar-refractivity contribution in [3.63, 3.8) is 0 Å². The fourth-order valence-corrected chi connectivity index (χ4v) is 5.42. The maximum atomic E-state index is 12.2. The molecular formula is C36H53NO7. The molecule has 2 aromatic rings. The molecular weight excluding hydrogens is 558 g/mol. The first-order valence-corrected chi connectivity index (χ1v) is 16.7. The van der Waals surface area contributed by atoms with Crippen molar-refractivity contribution in [3.05, 3.63) is 59.7 Å². The number of amides is 1. The van der Waals surface area contributed by atoms with Gasteiger partial charge in [-0.15, -0.1) is 0 Å². The van der Waals surface area contributed by atoms with Gasteiger partial charge in [-0.25, -0.2) is 4.79 Å². The molecule has 0 saturated heterocycles. The van der Waals surface area contributed by atoms with Crippen molar-refractivity contribution in [2.75, 3.05) is 59.4 Å². The Balaban J connectivity index is 1.05. The Morgan fingerprint density at radius 3 is 1.75 bits per heavy atom. The molecule has 1 aliphatic rings. The molecule has 8 nitrogen and oxygen atoms in total. The van der Waals surface area contributed by atoms with Gasteiger partial charge in [0.15, 0.2) is 0 Å². The number of alkyl carbamates (subject to hydrolysis) is 1. The molecule has 1 amide bonds. The highest BCUT2D eigenvalue weighted by molar-refractivity contribution is 5.79. The largest absolute Gasteiger partial charge is 0.463 e. The Kier molecular flexibility index (Phi) is 18.2. The molecule has 3 rings (SSSR count). The van der Waals surface area contributed by atoms with E-state index in [0.29, 0.717) is 65.6 Å². The van der Waals surface area contributed by atoms with E-state index in [9.17, 15) is 9.59 Å². The van der Waals surface area contributed by atoms with Gasteiger partial charge in [0, 0.05) is 25.5 Å². The van der Waals surface area contributed by atoms with Crippen LogP contribution in [0.2, 0.25) is 0 Å². The smallest absolute Gasteiger partial charge is 0.407 e. The zero-order chi connectivity index (χ0) is 31.1. The summed E-state index contributed by atoms with van der Waals surface area (Å²) in [5, 5.41) is 2.80. The molecule has 0 radical (unpaired) electrons. The fraction of sp³-hybridized carbons (Fsp3) is 0.611. The standard InChI is InChI=1S/C36H53NO7/c1-2-3-4-5-6-7-8-9-10-20-35(38)43-28-27-42-26-25-41-24-23-40-22-15-21-37-36(39)44-29-34-32-18-13-11-16-30(32)31-17-12-14-19-33(31)34/h11-14,16-19,34H,2-10,15,20-29H2,1H3,(H,37,39). The van der Waals surface area contributed by atoms with Gasteiger partial charge in [0.1, 0.15) is 13.2 Å². The highest BCUT2D eigenvalue weighted by Gasteiger charge is 2.28. The number of hydrogen-bond donors (Lipinski definition) is 1. The molecule has 44 heavy (non-hydrogen) atoms. The molecule has 0 atom stereocenters. The lowest BCUT2D eigenvalue weighted by molar-refractivity contribution is -0.145. The van der Waals surface area contributed by atoms with Crippen LogP contribution in [-0.2, 0) is 28.5 Å². The molecule has 0 saturated carbocycles. The van der Waals surface area contributed by atoms with Crippen LogP contribution in [0.3, 0.4) is 0 Å². The maximum absolute atomic E-state index is 12.2. The Labute approximate surface area is 264 Å². The lowest BCUT2D eigenvalue weighted by atomic mass is 9.98. The van der Waals surface area contributed by atoms with Crippen LogP contribution in [0.15, 0.2) is 48.5 Å². The van der Waals surface area contributed by atoms with Crippen molar-refractivity contribution in [3.8, 4) is 11.1 Å². The minimum atomic E-state index is -0.413. The van der Waals surface area contributed by atoms with Crippen LogP contribution in [0.5, 0.6) is 0 Å². The third kappa shape index (κ3) is 13.8. The fourth-order valence-electron chi connectivity index (χ4n) is 5.42. The number of esters is 1. The third-order valence-corrected chi connectivity index (χ3v) is 7.80. The maximum Gasteiger partial charge on any atom is 0.407 e. The molecule has 8 heteroatoms. The van der Waals surface area contributed by atoms with Gasteiger partial charge >= 0.3 is 12.1 Å². The summed E-state index contributed by atoms with van der Waals surface area (Å²) in [6.07, 6.45) is 11.8. The number of carbonyl (C=O) groups is 2. The van der Waals surface area contributed by atoms with Crippen molar-refractivity contribution >= 4 is 12.1 Å². The van der Waals surface area contributed by atoms with Crippen LogP contribution in [-0.4, -0.2) is 71.5 Å². The second kappa shape index (κ2) is 22.6. The quantitative estimate of drug-likeness (QED) is 0.0922. The monoisotopic (exact) mass is 611 g/mol. The van der Waals surface area contributed by atoms with E-state index in [-0.39, 0.29) is 18.5 Å².